The van der Waals surface area contributed by atoms with Gasteiger partial charge in [0.25, 0.3) is 5.91 Å². The number of ether oxygens (including phenoxy) is 3. The number of nitrogens with one attached hydrogen (secondary N) is 1. The third-order valence-corrected chi connectivity index (χ3v) is 4.86. The van der Waals surface area contributed by atoms with E-state index in [2.05, 4.69) is 5.32 Å². The number of cyclic esters (lactones) is 1. The molecule has 0 atom stereocenters. The molecular weight excluding hydrogens is 405 g/mol. The van der Waals surface area contributed by atoms with E-state index in [0.29, 0.717) is 29.7 Å². The summed E-state index contributed by atoms with van der Waals surface area (Å²) >= 11 is 0. The van der Waals surface area contributed by atoms with Gasteiger partial charge in [-0.2, -0.15) is 0 Å². The van der Waals surface area contributed by atoms with E-state index < -0.39 is 24.2 Å². The zero-order valence-corrected chi connectivity index (χ0v) is 18.9. The topological polar surface area (TPSA) is 90.9 Å². The SMILES string of the molecule is COc1c(C)c2c(c(NC(=O)CF)c1C/C=C(\C)CCC(=O)OC(C)(C)C)C(=O)OC2. The largest absolute Gasteiger partial charge is 0.496 e. The minimum atomic E-state index is -1.22. The molecule has 0 bridgehead atoms. The predicted octanol–water partition coefficient (Wildman–Crippen LogP) is 4.19. The van der Waals surface area contributed by atoms with E-state index in [4.69, 9.17) is 14.2 Å². The number of carbonyl (C=O) groups excluding carboxylic acids is 3. The molecule has 0 saturated carbocycles. The number of amides is 1. The molecule has 0 fully saturated rings. The van der Waals surface area contributed by atoms with Crippen LogP contribution in [0.15, 0.2) is 11.6 Å². The van der Waals surface area contributed by atoms with Gasteiger partial charge in [0.1, 0.15) is 18.0 Å². The molecule has 1 heterocycles. The summed E-state index contributed by atoms with van der Waals surface area (Å²) in [6.07, 6.45) is 2.93. The number of carbonyl (C=O) groups is 3. The predicted molar refractivity (Wildman–Crippen MR) is 114 cm³/mol. The molecule has 1 aliphatic heterocycles. The Morgan fingerprint density at radius 2 is 1.94 bits per heavy atom. The smallest absolute Gasteiger partial charge is 0.341 e. The van der Waals surface area contributed by atoms with Gasteiger partial charge in [-0.15, -0.1) is 0 Å². The number of fused-ring (bicyclic) bond motifs is 1. The third-order valence-electron chi connectivity index (χ3n) is 4.86. The average molecular weight is 435 g/mol. The summed E-state index contributed by atoms with van der Waals surface area (Å²) in [6.45, 7) is 7.98. The minimum absolute atomic E-state index is 0.0693. The number of halogens is 1. The van der Waals surface area contributed by atoms with Crippen molar-refractivity contribution >= 4 is 23.5 Å². The molecule has 31 heavy (non-hydrogen) atoms. The highest BCUT2D eigenvalue weighted by atomic mass is 19.1. The van der Waals surface area contributed by atoms with Crippen LogP contribution in [-0.2, 0) is 32.1 Å². The number of rotatable bonds is 8. The lowest BCUT2D eigenvalue weighted by Crippen LogP contribution is -2.23. The molecule has 0 unspecified atom stereocenters. The summed E-state index contributed by atoms with van der Waals surface area (Å²) in [4.78, 5) is 36.1. The van der Waals surface area contributed by atoms with Gasteiger partial charge in [0.2, 0.25) is 0 Å². The number of hydrogen-bond acceptors (Lipinski definition) is 6. The van der Waals surface area contributed by atoms with Crippen molar-refractivity contribution < 1.29 is 33.0 Å². The lowest BCUT2D eigenvalue weighted by molar-refractivity contribution is -0.154. The van der Waals surface area contributed by atoms with Crippen LogP contribution in [0.1, 0.15) is 67.6 Å². The summed E-state index contributed by atoms with van der Waals surface area (Å²) in [5.74, 6) is -1.21. The number of methoxy groups -OCH3 is 1. The van der Waals surface area contributed by atoms with E-state index in [0.717, 1.165) is 11.1 Å². The van der Waals surface area contributed by atoms with Crippen molar-refractivity contribution in [3.63, 3.8) is 0 Å². The van der Waals surface area contributed by atoms with Gasteiger partial charge in [-0.25, -0.2) is 9.18 Å². The van der Waals surface area contributed by atoms with Crippen LogP contribution >= 0.6 is 0 Å². The molecule has 7 nitrogen and oxygen atoms in total. The molecule has 1 N–H and O–H groups in total. The van der Waals surface area contributed by atoms with E-state index in [1.165, 1.54) is 7.11 Å². The summed E-state index contributed by atoms with van der Waals surface area (Å²) in [6, 6.07) is 0. The Kier molecular flexibility index (Phi) is 7.81. The van der Waals surface area contributed by atoms with Crippen LogP contribution in [0.2, 0.25) is 0 Å². The Hall–Kier alpha value is -2.90. The standard InChI is InChI=1S/C23H30FNO6/c1-13(8-10-18(27)31-23(3,4)5)7-9-15-20(25-17(26)11-24)19-16(12-30-22(19)28)14(2)21(15)29-6/h7H,8-12H2,1-6H3,(H,25,26)/b13-7+. The second kappa shape index (κ2) is 9.94. The normalized spacial score (nSPS) is 13.5. The first-order valence-corrected chi connectivity index (χ1v) is 10.1. The van der Waals surface area contributed by atoms with E-state index in [9.17, 15) is 18.8 Å². The Morgan fingerprint density at radius 3 is 2.52 bits per heavy atom. The first-order valence-electron chi connectivity index (χ1n) is 10.1. The van der Waals surface area contributed by atoms with Gasteiger partial charge in [0, 0.05) is 17.5 Å². The lowest BCUT2D eigenvalue weighted by Gasteiger charge is -2.20. The van der Waals surface area contributed by atoms with Crippen LogP contribution in [0, 0.1) is 6.92 Å². The molecule has 170 valence electrons. The molecule has 2 rings (SSSR count). The Morgan fingerprint density at radius 1 is 1.26 bits per heavy atom. The van der Waals surface area contributed by atoms with Crippen molar-refractivity contribution in [2.75, 3.05) is 19.1 Å². The maximum absolute atomic E-state index is 12.9. The van der Waals surface area contributed by atoms with Crippen molar-refractivity contribution in [2.45, 2.75) is 66.1 Å². The highest BCUT2D eigenvalue weighted by Crippen LogP contribution is 2.41. The van der Waals surface area contributed by atoms with Gasteiger partial charge in [-0.05, 0) is 53.0 Å². The van der Waals surface area contributed by atoms with E-state index in [1.807, 2.05) is 40.7 Å². The Bertz CT molecular complexity index is 914. The summed E-state index contributed by atoms with van der Waals surface area (Å²) in [5, 5.41) is 2.49. The van der Waals surface area contributed by atoms with E-state index in [1.54, 1.807) is 0 Å². The quantitative estimate of drug-likeness (QED) is 0.486. The highest BCUT2D eigenvalue weighted by Gasteiger charge is 2.32. The summed E-state index contributed by atoms with van der Waals surface area (Å²) < 4.78 is 28.9. The fourth-order valence-corrected chi connectivity index (χ4v) is 3.43. The van der Waals surface area contributed by atoms with E-state index >= 15 is 0 Å². The van der Waals surface area contributed by atoms with Crippen LogP contribution in [-0.4, -0.2) is 37.2 Å². The maximum atomic E-state index is 12.9. The van der Waals surface area contributed by atoms with Crippen molar-refractivity contribution in [1.29, 1.82) is 0 Å². The van der Waals surface area contributed by atoms with Gasteiger partial charge in [-0.3, -0.25) is 9.59 Å². The van der Waals surface area contributed by atoms with Gasteiger partial charge in [-0.1, -0.05) is 11.6 Å². The van der Waals surface area contributed by atoms with Crippen molar-refractivity contribution in [3.8, 4) is 5.75 Å². The molecular formula is C23H30FNO6. The van der Waals surface area contributed by atoms with Crippen LogP contribution in [0.25, 0.3) is 0 Å². The summed E-state index contributed by atoms with van der Waals surface area (Å²) in [5.41, 5.74) is 2.73. The zero-order valence-electron chi connectivity index (χ0n) is 18.9. The van der Waals surface area contributed by atoms with Gasteiger partial charge < -0.3 is 19.5 Å². The third kappa shape index (κ3) is 6.06. The lowest BCUT2D eigenvalue weighted by atomic mass is 9.93. The summed E-state index contributed by atoms with van der Waals surface area (Å²) in [7, 11) is 1.50. The van der Waals surface area contributed by atoms with Crippen molar-refractivity contribution in [3.05, 3.63) is 33.9 Å². The Balaban J connectivity index is 2.34. The van der Waals surface area contributed by atoms with Crippen LogP contribution in [0.5, 0.6) is 5.75 Å². The monoisotopic (exact) mass is 435 g/mol. The molecule has 0 saturated heterocycles. The van der Waals surface area contributed by atoms with Crippen molar-refractivity contribution in [1.82, 2.24) is 0 Å². The Labute approximate surface area is 181 Å². The molecule has 1 amide bonds. The first kappa shape index (κ1) is 24.4. The molecule has 0 radical (unpaired) electrons. The molecule has 0 spiro atoms. The number of allylic oxidation sites excluding steroid dienone is 2. The van der Waals surface area contributed by atoms with Crippen LogP contribution in [0.3, 0.4) is 0 Å². The first-order chi connectivity index (χ1) is 14.5. The van der Waals surface area contributed by atoms with Gasteiger partial charge in [0.05, 0.1) is 18.4 Å². The number of hydrogen-bond donors (Lipinski definition) is 1. The van der Waals surface area contributed by atoms with Crippen LogP contribution < -0.4 is 10.1 Å². The molecule has 8 heteroatoms. The highest BCUT2D eigenvalue weighted by molar-refractivity contribution is 6.06. The van der Waals surface area contributed by atoms with Gasteiger partial charge in [0.15, 0.2) is 6.67 Å². The zero-order chi connectivity index (χ0) is 23.3. The molecule has 1 aromatic carbocycles. The van der Waals surface area contributed by atoms with Gasteiger partial charge >= 0.3 is 11.9 Å². The fourth-order valence-electron chi connectivity index (χ4n) is 3.43. The second-order valence-corrected chi connectivity index (χ2v) is 8.46. The number of benzene rings is 1. The molecule has 0 aliphatic carbocycles. The molecule has 1 aromatic rings. The van der Waals surface area contributed by atoms with Crippen LogP contribution in [0.4, 0.5) is 10.1 Å². The molecule has 0 aromatic heterocycles. The minimum Gasteiger partial charge on any atom is -0.496 e. The van der Waals surface area contributed by atoms with Crippen molar-refractivity contribution in [2.24, 2.45) is 0 Å². The average Bonchev–Trinajstić information content (AvgIpc) is 3.07. The van der Waals surface area contributed by atoms with E-state index in [-0.39, 0.29) is 30.2 Å². The maximum Gasteiger partial charge on any atom is 0.341 e. The molecule has 1 aliphatic rings. The number of alkyl halides is 1. The fraction of sp³-hybridized carbons (Fsp3) is 0.522. The second-order valence-electron chi connectivity index (χ2n) is 8.46. The number of anilines is 1. The number of esters is 2.